The van der Waals surface area contributed by atoms with Gasteiger partial charge in [-0.1, -0.05) is 0 Å². The Morgan fingerprint density at radius 2 is 1.93 bits per heavy atom. The molecule has 4 rings (SSSR count). The number of aryl methyl sites for hydroxylation is 2. The largest absolute Gasteiger partial charge is 0.369 e. The lowest BCUT2D eigenvalue weighted by atomic mass is 10.1. The maximum absolute atomic E-state index is 12.8. The van der Waals surface area contributed by atoms with Crippen LogP contribution in [0.15, 0.2) is 43.0 Å². The number of hydrogen-bond donors (Lipinski definition) is 2. The van der Waals surface area contributed by atoms with E-state index in [0.717, 1.165) is 43.0 Å². The van der Waals surface area contributed by atoms with E-state index in [1.54, 1.807) is 17.1 Å². The van der Waals surface area contributed by atoms with E-state index in [-0.39, 0.29) is 5.91 Å². The molecule has 0 spiro atoms. The quantitative estimate of drug-likeness (QED) is 0.732. The number of nitrogens with zero attached hydrogens (tertiary/aromatic N) is 4. The van der Waals surface area contributed by atoms with E-state index in [2.05, 4.69) is 45.2 Å². The van der Waals surface area contributed by atoms with Gasteiger partial charge < -0.3 is 20.1 Å². The van der Waals surface area contributed by atoms with Crippen LogP contribution in [-0.2, 0) is 7.05 Å². The number of H-pyrrole nitrogens is 1. The van der Waals surface area contributed by atoms with Crippen molar-refractivity contribution in [1.29, 1.82) is 0 Å². The lowest BCUT2D eigenvalue weighted by Gasteiger charge is -2.35. The van der Waals surface area contributed by atoms with Crippen molar-refractivity contribution in [2.75, 3.05) is 43.4 Å². The van der Waals surface area contributed by atoms with Gasteiger partial charge in [-0.25, -0.2) is 0 Å². The molecule has 0 atom stereocenters. The van der Waals surface area contributed by atoms with Crippen molar-refractivity contribution in [3.05, 3.63) is 54.1 Å². The Kier molecular flexibility index (Phi) is 4.92. The van der Waals surface area contributed by atoms with Gasteiger partial charge >= 0.3 is 0 Å². The highest BCUT2D eigenvalue weighted by atomic mass is 16.1. The van der Waals surface area contributed by atoms with Crippen LogP contribution in [0.2, 0.25) is 0 Å². The molecule has 146 valence electrons. The first-order valence-corrected chi connectivity index (χ1v) is 9.52. The minimum absolute atomic E-state index is 0.133. The number of aromatic nitrogens is 3. The summed E-state index contributed by atoms with van der Waals surface area (Å²) in [7, 11) is 4.02. The van der Waals surface area contributed by atoms with Gasteiger partial charge in [-0.05, 0) is 37.7 Å². The normalized spacial score (nSPS) is 15.0. The molecule has 0 aliphatic carbocycles. The van der Waals surface area contributed by atoms with Crippen molar-refractivity contribution in [3.8, 4) is 11.1 Å². The average molecular weight is 378 g/mol. The number of piperazine rings is 1. The maximum Gasteiger partial charge on any atom is 0.257 e. The third-order valence-corrected chi connectivity index (χ3v) is 5.30. The molecule has 1 aromatic carbocycles. The number of amides is 1. The molecule has 1 fully saturated rings. The zero-order valence-corrected chi connectivity index (χ0v) is 16.6. The van der Waals surface area contributed by atoms with Gasteiger partial charge in [0.25, 0.3) is 5.91 Å². The van der Waals surface area contributed by atoms with Gasteiger partial charge in [-0.15, -0.1) is 0 Å². The second-order valence-electron chi connectivity index (χ2n) is 7.43. The average Bonchev–Trinajstić information content (AvgIpc) is 3.31. The summed E-state index contributed by atoms with van der Waals surface area (Å²) in [6.07, 6.45) is 7.21. The first kappa shape index (κ1) is 18.3. The molecule has 28 heavy (non-hydrogen) atoms. The number of aromatic amines is 1. The first-order chi connectivity index (χ1) is 13.5. The summed E-state index contributed by atoms with van der Waals surface area (Å²) >= 11 is 0. The smallest absolute Gasteiger partial charge is 0.257 e. The molecule has 0 bridgehead atoms. The topological polar surface area (TPSA) is 69.2 Å². The van der Waals surface area contributed by atoms with Crippen LogP contribution in [0.5, 0.6) is 0 Å². The predicted molar refractivity (Wildman–Crippen MR) is 112 cm³/mol. The van der Waals surface area contributed by atoms with E-state index in [9.17, 15) is 4.79 Å². The van der Waals surface area contributed by atoms with Crippen molar-refractivity contribution >= 4 is 17.3 Å². The van der Waals surface area contributed by atoms with Gasteiger partial charge in [0.05, 0.1) is 11.8 Å². The molecule has 3 aromatic rings. The molecule has 7 heteroatoms. The lowest BCUT2D eigenvalue weighted by Crippen LogP contribution is -2.44. The second kappa shape index (κ2) is 7.52. The summed E-state index contributed by atoms with van der Waals surface area (Å²) in [6, 6.07) is 6.13. The van der Waals surface area contributed by atoms with E-state index in [4.69, 9.17) is 0 Å². The number of carbonyl (C=O) groups excluding carboxylic acids is 1. The van der Waals surface area contributed by atoms with Crippen molar-refractivity contribution in [3.63, 3.8) is 0 Å². The number of anilines is 2. The second-order valence-corrected chi connectivity index (χ2v) is 7.43. The number of carbonyl (C=O) groups is 1. The summed E-state index contributed by atoms with van der Waals surface area (Å²) in [5.74, 6) is -0.133. The Morgan fingerprint density at radius 1 is 1.14 bits per heavy atom. The highest BCUT2D eigenvalue weighted by molar-refractivity contribution is 6.08. The summed E-state index contributed by atoms with van der Waals surface area (Å²) in [4.78, 5) is 20.6. The molecule has 1 aliphatic rings. The summed E-state index contributed by atoms with van der Waals surface area (Å²) < 4.78 is 1.73. The zero-order valence-electron chi connectivity index (χ0n) is 16.6. The van der Waals surface area contributed by atoms with Crippen LogP contribution >= 0.6 is 0 Å². The minimum Gasteiger partial charge on any atom is -0.369 e. The summed E-state index contributed by atoms with van der Waals surface area (Å²) in [5, 5.41) is 7.22. The van der Waals surface area contributed by atoms with Gasteiger partial charge in [-0.3, -0.25) is 9.48 Å². The molecule has 0 saturated carbocycles. The van der Waals surface area contributed by atoms with Crippen LogP contribution in [0.1, 0.15) is 15.9 Å². The van der Waals surface area contributed by atoms with Gasteiger partial charge in [0.15, 0.2) is 0 Å². The molecule has 0 radical (unpaired) electrons. The molecule has 7 nitrogen and oxygen atoms in total. The molecular weight excluding hydrogens is 352 g/mol. The molecule has 2 aromatic heterocycles. The third-order valence-electron chi connectivity index (χ3n) is 5.30. The summed E-state index contributed by atoms with van der Waals surface area (Å²) in [6.45, 7) is 6.30. The maximum atomic E-state index is 12.8. The number of benzene rings is 1. The Labute approximate surface area is 165 Å². The predicted octanol–water partition coefficient (Wildman–Crippen LogP) is 2.73. The van der Waals surface area contributed by atoms with Gasteiger partial charge in [0, 0.05) is 74.3 Å². The first-order valence-electron chi connectivity index (χ1n) is 9.52. The standard InChI is InChI=1S/C21H26N6O/c1-15-10-17(4-5-20(15)27-8-6-25(2)7-9-27)24-21(28)19-13-22-12-18(19)16-11-23-26(3)14-16/h4-5,10-14,22H,6-9H2,1-3H3,(H,24,28). The fourth-order valence-electron chi connectivity index (χ4n) is 3.68. The Balaban J connectivity index is 1.50. The molecule has 3 heterocycles. The van der Waals surface area contributed by atoms with Crippen LogP contribution in [0.25, 0.3) is 11.1 Å². The number of nitrogens with one attached hydrogen (secondary N) is 2. The fourth-order valence-corrected chi connectivity index (χ4v) is 3.68. The van der Waals surface area contributed by atoms with Crippen molar-refractivity contribution in [1.82, 2.24) is 19.7 Å². The zero-order chi connectivity index (χ0) is 19.7. The van der Waals surface area contributed by atoms with E-state index in [1.807, 2.05) is 31.6 Å². The van der Waals surface area contributed by atoms with E-state index in [1.165, 1.54) is 11.3 Å². The number of likely N-dealkylation sites (N-methyl/N-ethyl adjacent to an activating group) is 1. The van der Waals surface area contributed by atoms with E-state index >= 15 is 0 Å². The third kappa shape index (κ3) is 3.66. The monoisotopic (exact) mass is 378 g/mol. The Morgan fingerprint density at radius 3 is 2.61 bits per heavy atom. The van der Waals surface area contributed by atoms with Gasteiger partial charge in [-0.2, -0.15) is 5.10 Å². The van der Waals surface area contributed by atoms with Crippen LogP contribution in [0.3, 0.4) is 0 Å². The molecule has 0 unspecified atom stereocenters. The summed E-state index contributed by atoms with van der Waals surface area (Å²) in [5.41, 5.74) is 5.58. The minimum atomic E-state index is -0.133. The highest BCUT2D eigenvalue weighted by Crippen LogP contribution is 2.27. The highest BCUT2D eigenvalue weighted by Gasteiger charge is 2.18. The van der Waals surface area contributed by atoms with Crippen LogP contribution in [0, 0.1) is 6.92 Å². The lowest BCUT2D eigenvalue weighted by molar-refractivity contribution is 0.102. The fraction of sp³-hybridized carbons (Fsp3) is 0.333. The molecule has 1 saturated heterocycles. The van der Waals surface area contributed by atoms with E-state index in [0.29, 0.717) is 5.56 Å². The van der Waals surface area contributed by atoms with Crippen molar-refractivity contribution < 1.29 is 4.79 Å². The molecule has 1 amide bonds. The SMILES string of the molecule is Cc1cc(NC(=O)c2c[nH]cc2-c2cnn(C)c2)ccc1N1CCN(C)CC1. The number of rotatable bonds is 4. The van der Waals surface area contributed by atoms with Crippen LogP contribution in [-0.4, -0.2) is 58.8 Å². The molecule has 2 N–H and O–H groups in total. The van der Waals surface area contributed by atoms with Gasteiger partial charge in [0.1, 0.15) is 0 Å². The molecule has 1 aliphatic heterocycles. The Bertz CT molecular complexity index is 980. The Hall–Kier alpha value is -3.06. The van der Waals surface area contributed by atoms with Crippen LogP contribution in [0.4, 0.5) is 11.4 Å². The van der Waals surface area contributed by atoms with Gasteiger partial charge in [0.2, 0.25) is 0 Å². The van der Waals surface area contributed by atoms with Crippen LogP contribution < -0.4 is 10.2 Å². The van der Waals surface area contributed by atoms with Crippen molar-refractivity contribution in [2.45, 2.75) is 6.92 Å². The van der Waals surface area contributed by atoms with E-state index < -0.39 is 0 Å². The van der Waals surface area contributed by atoms with Crippen molar-refractivity contribution in [2.24, 2.45) is 7.05 Å². The molecular formula is C21H26N6O. The number of hydrogen-bond acceptors (Lipinski definition) is 4.